The van der Waals surface area contributed by atoms with Crippen LogP contribution in [0.5, 0.6) is 0 Å². The van der Waals surface area contributed by atoms with Crippen LogP contribution in [0.2, 0.25) is 0 Å². The van der Waals surface area contributed by atoms with Crippen molar-refractivity contribution in [3.63, 3.8) is 0 Å². The molecular formula is C14H21NS. The second kappa shape index (κ2) is 6.31. The fourth-order valence-corrected chi connectivity index (χ4v) is 3.09. The Kier molecular flexibility index (Phi) is 4.73. The van der Waals surface area contributed by atoms with Crippen molar-refractivity contribution < 1.29 is 0 Å². The molecule has 1 aliphatic rings. The van der Waals surface area contributed by atoms with Crippen molar-refractivity contribution in [3.05, 3.63) is 29.8 Å². The van der Waals surface area contributed by atoms with Crippen LogP contribution in [0.4, 0.5) is 0 Å². The van der Waals surface area contributed by atoms with Gasteiger partial charge >= 0.3 is 0 Å². The Hall–Kier alpha value is -0.470. The van der Waals surface area contributed by atoms with E-state index in [0.717, 1.165) is 6.04 Å². The van der Waals surface area contributed by atoms with Crippen LogP contribution in [0.15, 0.2) is 29.2 Å². The van der Waals surface area contributed by atoms with Crippen molar-refractivity contribution in [3.8, 4) is 0 Å². The first-order valence-electron chi connectivity index (χ1n) is 6.27. The molecule has 1 aromatic rings. The van der Waals surface area contributed by atoms with Crippen molar-refractivity contribution in [1.29, 1.82) is 0 Å². The summed E-state index contributed by atoms with van der Waals surface area (Å²) in [5, 5.41) is 3.60. The van der Waals surface area contributed by atoms with E-state index in [4.69, 9.17) is 0 Å². The van der Waals surface area contributed by atoms with E-state index >= 15 is 0 Å². The molecule has 1 nitrogen and oxygen atoms in total. The van der Waals surface area contributed by atoms with Gasteiger partial charge in [-0.2, -0.15) is 0 Å². The second-order valence-electron chi connectivity index (χ2n) is 4.60. The highest BCUT2D eigenvalue weighted by atomic mass is 32.2. The highest BCUT2D eigenvalue weighted by Gasteiger charge is 2.11. The third kappa shape index (κ3) is 3.84. The normalized spacial score (nSPS) is 20.9. The van der Waals surface area contributed by atoms with Crippen LogP contribution in [-0.2, 0) is 0 Å². The summed E-state index contributed by atoms with van der Waals surface area (Å²) in [5.41, 5.74) is 1.35. The fourth-order valence-electron chi connectivity index (χ4n) is 2.12. The van der Waals surface area contributed by atoms with E-state index in [9.17, 15) is 0 Å². The summed E-state index contributed by atoms with van der Waals surface area (Å²) < 4.78 is 0. The van der Waals surface area contributed by atoms with Crippen molar-refractivity contribution in [1.82, 2.24) is 5.32 Å². The SMILES string of the molecule is Cc1ccc(SCCC2CCCCN2)cc1. The van der Waals surface area contributed by atoms with Crippen LogP contribution >= 0.6 is 11.8 Å². The van der Waals surface area contributed by atoms with E-state index in [0.29, 0.717) is 0 Å². The monoisotopic (exact) mass is 235 g/mol. The molecule has 88 valence electrons. The number of benzene rings is 1. The average molecular weight is 235 g/mol. The molecule has 1 heterocycles. The molecule has 16 heavy (non-hydrogen) atoms. The van der Waals surface area contributed by atoms with Crippen LogP contribution in [0.25, 0.3) is 0 Å². The molecule has 1 saturated heterocycles. The van der Waals surface area contributed by atoms with Gasteiger partial charge in [-0.3, -0.25) is 0 Å². The first-order chi connectivity index (χ1) is 7.84. The zero-order chi connectivity index (χ0) is 11.2. The number of hydrogen-bond acceptors (Lipinski definition) is 2. The van der Waals surface area contributed by atoms with Crippen LogP contribution in [-0.4, -0.2) is 18.3 Å². The summed E-state index contributed by atoms with van der Waals surface area (Å²) in [6.07, 6.45) is 5.45. The highest BCUT2D eigenvalue weighted by molar-refractivity contribution is 7.99. The smallest absolute Gasteiger partial charge is 0.00750 e. The standard InChI is InChI=1S/C14H21NS/c1-12-5-7-14(8-6-12)16-11-9-13-4-2-3-10-15-13/h5-8,13,15H,2-4,9-11H2,1H3. The lowest BCUT2D eigenvalue weighted by Crippen LogP contribution is -2.34. The molecule has 1 unspecified atom stereocenters. The number of hydrogen-bond donors (Lipinski definition) is 1. The molecule has 2 heteroatoms. The lowest BCUT2D eigenvalue weighted by atomic mass is 10.0. The largest absolute Gasteiger partial charge is 0.314 e. The van der Waals surface area contributed by atoms with Gasteiger partial charge in [0.25, 0.3) is 0 Å². The van der Waals surface area contributed by atoms with Gasteiger partial charge in [0.1, 0.15) is 0 Å². The van der Waals surface area contributed by atoms with Crippen molar-refractivity contribution in [2.45, 2.75) is 43.5 Å². The van der Waals surface area contributed by atoms with Crippen molar-refractivity contribution in [2.24, 2.45) is 0 Å². The minimum absolute atomic E-state index is 0.770. The van der Waals surface area contributed by atoms with Crippen molar-refractivity contribution >= 4 is 11.8 Å². The van der Waals surface area contributed by atoms with Gasteiger partial charge in [-0.05, 0) is 50.6 Å². The number of nitrogens with one attached hydrogen (secondary N) is 1. The first-order valence-corrected chi connectivity index (χ1v) is 7.26. The average Bonchev–Trinajstić information content (AvgIpc) is 2.33. The molecule has 0 aliphatic carbocycles. The Morgan fingerprint density at radius 2 is 2.06 bits per heavy atom. The molecule has 0 saturated carbocycles. The number of aryl methyl sites for hydroxylation is 1. The van der Waals surface area contributed by atoms with Gasteiger partial charge in [-0.1, -0.05) is 24.1 Å². The molecule has 1 fully saturated rings. The highest BCUT2D eigenvalue weighted by Crippen LogP contribution is 2.21. The van der Waals surface area contributed by atoms with Gasteiger partial charge in [0.05, 0.1) is 0 Å². The maximum atomic E-state index is 3.60. The predicted molar refractivity (Wildman–Crippen MR) is 72.2 cm³/mol. The van der Waals surface area contributed by atoms with Crippen LogP contribution in [0, 0.1) is 6.92 Å². The van der Waals surface area contributed by atoms with E-state index in [-0.39, 0.29) is 0 Å². The number of rotatable bonds is 4. The molecular weight excluding hydrogens is 214 g/mol. The zero-order valence-corrected chi connectivity index (χ0v) is 10.9. The topological polar surface area (TPSA) is 12.0 Å². The maximum absolute atomic E-state index is 3.60. The van der Waals surface area contributed by atoms with Crippen LogP contribution in [0.3, 0.4) is 0 Å². The Morgan fingerprint density at radius 3 is 2.75 bits per heavy atom. The molecule has 0 aromatic heterocycles. The molecule has 1 aliphatic heterocycles. The van der Waals surface area contributed by atoms with E-state index in [2.05, 4.69) is 36.5 Å². The molecule has 0 spiro atoms. The maximum Gasteiger partial charge on any atom is 0.00750 e. The lowest BCUT2D eigenvalue weighted by molar-refractivity contribution is 0.395. The molecule has 2 rings (SSSR count). The van der Waals surface area contributed by atoms with Crippen LogP contribution in [0.1, 0.15) is 31.2 Å². The van der Waals surface area contributed by atoms with Gasteiger partial charge in [0, 0.05) is 10.9 Å². The molecule has 0 amide bonds. The third-order valence-corrected chi connectivity index (χ3v) is 4.21. The Balaban J connectivity index is 1.69. The second-order valence-corrected chi connectivity index (χ2v) is 5.77. The quantitative estimate of drug-likeness (QED) is 0.800. The van der Waals surface area contributed by atoms with E-state index < -0.39 is 0 Å². The Bertz CT molecular complexity index is 301. The summed E-state index contributed by atoms with van der Waals surface area (Å²) in [6, 6.07) is 9.62. The van der Waals surface area contributed by atoms with Gasteiger partial charge in [0.15, 0.2) is 0 Å². The van der Waals surface area contributed by atoms with E-state index in [1.807, 2.05) is 11.8 Å². The summed E-state index contributed by atoms with van der Waals surface area (Å²) in [6.45, 7) is 3.36. The Labute approximate surface area is 103 Å². The molecule has 1 atom stereocenters. The van der Waals surface area contributed by atoms with Crippen molar-refractivity contribution in [2.75, 3.05) is 12.3 Å². The summed E-state index contributed by atoms with van der Waals surface area (Å²) in [5.74, 6) is 1.24. The Morgan fingerprint density at radius 1 is 1.25 bits per heavy atom. The lowest BCUT2D eigenvalue weighted by Gasteiger charge is -2.23. The number of piperidine rings is 1. The van der Waals surface area contributed by atoms with Gasteiger partial charge in [-0.25, -0.2) is 0 Å². The third-order valence-electron chi connectivity index (χ3n) is 3.17. The van der Waals surface area contributed by atoms with E-state index in [1.165, 1.54) is 48.4 Å². The molecule has 0 bridgehead atoms. The molecule has 1 N–H and O–H groups in total. The summed E-state index contributed by atoms with van der Waals surface area (Å²) >= 11 is 1.98. The summed E-state index contributed by atoms with van der Waals surface area (Å²) in [7, 11) is 0. The van der Waals surface area contributed by atoms with Crippen LogP contribution < -0.4 is 5.32 Å². The fraction of sp³-hybridized carbons (Fsp3) is 0.571. The van der Waals surface area contributed by atoms with E-state index in [1.54, 1.807) is 0 Å². The van der Waals surface area contributed by atoms with Gasteiger partial charge in [-0.15, -0.1) is 11.8 Å². The summed E-state index contributed by atoms with van der Waals surface area (Å²) in [4.78, 5) is 1.40. The van der Waals surface area contributed by atoms with Gasteiger partial charge < -0.3 is 5.32 Å². The predicted octanol–water partition coefficient (Wildman–Crippen LogP) is 3.62. The molecule has 1 aromatic carbocycles. The first kappa shape index (κ1) is 12.0. The molecule has 0 radical (unpaired) electrons. The zero-order valence-electron chi connectivity index (χ0n) is 10.0. The number of thioether (sulfide) groups is 1. The minimum atomic E-state index is 0.770. The minimum Gasteiger partial charge on any atom is -0.314 e. The van der Waals surface area contributed by atoms with Gasteiger partial charge in [0.2, 0.25) is 0 Å².